The molecule has 7 nitrogen and oxygen atoms in total. The van der Waals surface area contributed by atoms with Crippen LogP contribution in [0.2, 0.25) is 0 Å². The Morgan fingerprint density at radius 1 is 1.36 bits per heavy atom. The fraction of sp³-hybridized carbons (Fsp3) is 0.444. The van der Waals surface area contributed by atoms with Crippen molar-refractivity contribution in [3.8, 4) is 5.75 Å². The molecule has 1 aromatic carbocycles. The van der Waals surface area contributed by atoms with E-state index in [0.29, 0.717) is 24.3 Å². The molecule has 0 radical (unpaired) electrons. The van der Waals surface area contributed by atoms with Crippen LogP contribution in [0, 0.1) is 6.92 Å². The summed E-state index contributed by atoms with van der Waals surface area (Å²) in [5.74, 6) is 0.336. The smallest absolute Gasteiger partial charge is 0.257 e. The first-order valence-corrected chi connectivity index (χ1v) is 8.30. The lowest BCUT2D eigenvalue weighted by Crippen LogP contribution is -2.45. The monoisotopic (exact) mass is 344 g/mol. The number of rotatable bonds is 3. The highest BCUT2D eigenvalue weighted by Crippen LogP contribution is 2.31. The predicted molar refractivity (Wildman–Crippen MR) is 95.7 cm³/mol. The molecular formula is C18H24N4O3. The van der Waals surface area contributed by atoms with Gasteiger partial charge in [0.15, 0.2) is 0 Å². The van der Waals surface area contributed by atoms with E-state index >= 15 is 0 Å². The lowest BCUT2D eigenvalue weighted by Gasteiger charge is -2.23. The second-order valence-corrected chi connectivity index (χ2v) is 6.49. The lowest BCUT2D eigenvalue weighted by molar-refractivity contribution is -0.124. The van der Waals surface area contributed by atoms with Crippen LogP contribution in [0.25, 0.3) is 10.9 Å². The van der Waals surface area contributed by atoms with Crippen LogP contribution in [0.4, 0.5) is 0 Å². The Hall–Kier alpha value is -2.54. The standard InChI is InChI=1S/C18H24N4O3/c1-10-16(13-8-12(25-4)5-6-14(13)21(10)3)18(24)22-9-11(19)7-15(22)17(23)20-2/h5-6,8,11,15H,7,9,19H2,1-4H3,(H,20,23)/t11-,15+/m1/s1. The van der Waals surface area contributed by atoms with Crippen molar-refractivity contribution in [3.05, 3.63) is 29.5 Å². The van der Waals surface area contributed by atoms with Gasteiger partial charge in [0.1, 0.15) is 11.8 Å². The largest absolute Gasteiger partial charge is 0.497 e. The topological polar surface area (TPSA) is 89.6 Å². The van der Waals surface area contributed by atoms with Crippen LogP contribution in [-0.4, -0.2) is 54.1 Å². The number of likely N-dealkylation sites (tertiary alicyclic amines) is 1. The molecule has 0 saturated carbocycles. The van der Waals surface area contributed by atoms with Crippen molar-refractivity contribution in [3.63, 3.8) is 0 Å². The van der Waals surface area contributed by atoms with E-state index in [2.05, 4.69) is 5.32 Å². The zero-order valence-electron chi connectivity index (χ0n) is 15.0. The number of nitrogens with one attached hydrogen (secondary N) is 1. The Kier molecular flexibility index (Phi) is 4.43. The number of methoxy groups -OCH3 is 1. The molecule has 3 rings (SSSR count). The average molecular weight is 344 g/mol. The zero-order valence-corrected chi connectivity index (χ0v) is 15.0. The van der Waals surface area contributed by atoms with Gasteiger partial charge < -0.3 is 25.3 Å². The SMILES string of the molecule is CNC(=O)[C@@H]1C[C@@H](N)CN1C(=O)c1c(C)n(C)c2ccc(OC)cc12. The van der Waals surface area contributed by atoms with Crippen LogP contribution >= 0.6 is 0 Å². The molecule has 2 aromatic rings. The van der Waals surface area contributed by atoms with E-state index in [1.54, 1.807) is 19.1 Å². The summed E-state index contributed by atoms with van der Waals surface area (Å²) in [5, 5.41) is 3.45. The number of carbonyl (C=O) groups is 2. The number of carbonyl (C=O) groups excluding carboxylic acids is 2. The molecule has 1 fully saturated rings. The average Bonchev–Trinajstić information content (AvgIpc) is 3.12. The number of amides is 2. The van der Waals surface area contributed by atoms with Crippen molar-refractivity contribution in [2.24, 2.45) is 12.8 Å². The Morgan fingerprint density at radius 3 is 2.72 bits per heavy atom. The molecular weight excluding hydrogens is 320 g/mol. The molecule has 0 bridgehead atoms. The van der Waals surface area contributed by atoms with Crippen LogP contribution in [0.5, 0.6) is 5.75 Å². The molecule has 1 aromatic heterocycles. The van der Waals surface area contributed by atoms with Crippen LogP contribution in [0.15, 0.2) is 18.2 Å². The number of nitrogens with zero attached hydrogens (tertiary/aromatic N) is 2. The molecule has 7 heteroatoms. The van der Waals surface area contributed by atoms with Crippen molar-refractivity contribution in [1.82, 2.24) is 14.8 Å². The van der Waals surface area contributed by atoms with E-state index in [4.69, 9.17) is 10.5 Å². The Balaban J connectivity index is 2.10. The quantitative estimate of drug-likeness (QED) is 0.861. The fourth-order valence-corrected chi connectivity index (χ4v) is 3.60. The summed E-state index contributed by atoms with van der Waals surface area (Å²) in [5.41, 5.74) is 8.42. The third kappa shape index (κ3) is 2.74. The number of benzene rings is 1. The van der Waals surface area contributed by atoms with Crippen molar-refractivity contribution < 1.29 is 14.3 Å². The number of aromatic nitrogens is 1. The predicted octanol–water partition coefficient (Wildman–Crippen LogP) is 0.783. The second kappa shape index (κ2) is 6.40. The summed E-state index contributed by atoms with van der Waals surface area (Å²) < 4.78 is 7.29. The van der Waals surface area contributed by atoms with E-state index in [0.717, 1.165) is 16.6 Å². The van der Waals surface area contributed by atoms with Gasteiger partial charge in [0, 0.05) is 43.3 Å². The summed E-state index contributed by atoms with van der Waals surface area (Å²) in [6, 6.07) is 4.93. The van der Waals surface area contributed by atoms with Crippen molar-refractivity contribution >= 4 is 22.7 Å². The van der Waals surface area contributed by atoms with Gasteiger partial charge in [-0.15, -0.1) is 0 Å². The highest BCUT2D eigenvalue weighted by atomic mass is 16.5. The molecule has 2 heterocycles. The third-order valence-corrected chi connectivity index (χ3v) is 5.06. The molecule has 2 amide bonds. The van der Waals surface area contributed by atoms with Crippen molar-refractivity contribution in [2.75, 3.05) is 20.7 Å². The summed E-state index contributed by atoms with van der Waals surface area (Å²) in [7, 11) is 5.09. The minimum Gasteiger partial charge on any atom is -0.497 e. The first-order valence-electron chi connectivity index (χ1n) is 8.30. The molecule has 0 aliphatic carbocycles. The summed E-state index contributed by atoms with van der Waals surface area (Å²) >= 11 is 0. The minimum atomic E-state index is -0.534. The summed E-state index contributed by atoms with van der Waals surface area (Å²) in [6.45, 7) is 2.28. The first-order chi connectivity index (χ1) is 11.9. The van der Waals surface area contributed by atoms with Gasteiger partial charge in [0.05, 0.1) is 12.7 Å². The highest BCUT2D eigenvalue weighted by Gasteiger charge is 2.39. The summed E-state index contributed by atoms with van der Waals surface area (Å²) in [6.07, 6.45) is 0.471. The van der Waals surface area contributed by atoms with Gasteiger partial charge in [-0.05, 0) is 31.5 Å². The molecule has 1 saturated heterocycles. The summed E-state index contributed by atoms with van der Waals surface area (Å²) in [4.78, 5) is 27.1. The number of ether oxygens (including phenoxy) is 1. The van der Waals surface area contributed by atoms with Gasteiger partial charge in [-0.3, -0.25) is 9.59 Å². The van der Waals surface area contributed by atoms with E-state index in [9.17, 15) is 9.59 Å². The normalized spacial score (nSPS) is 20.1. The maximum Gasteiger partial charge on any atom is 0.257 e. The number of fused-ring (bicyclic) bond motifs is 1. The van der Waals surface area contributed by atoms with Gasteiger partial charge in [-0.2, -0.15) is 0 Å². The van der Waals surface area contributed by atoms with Crippen molar-refractivity contribution in [1.29, 1.82) is 0 Å². The lowest BCUT2D eigenvalue weighted by atomic mass is 10.1. The molecule has 0 unspecified atom stereocenters. The number of nitrogens with two attached hydrogens (primary N) is 1. The Labute approximate surface area is 146 Å². The molecule has 1 aliphatic heterocycles. The van der Waals surface area contributed by atoms with E-state index in [1.165, 1.54) is 0 Å². The van der Waals surface area contributed by atoms with Crippen LogP contribution in [0.1, 0.15) is 22.5 Å². The number of aryl methyl sites for hydroxylation is 1. The van der Waals surface area contributed by atoms with Crippen molar-refractivity contribution in [2.45, 2.75) is 25.4 Å². The fourth-order valence-electron chi connectivity index (χ4n) is 3.60. The highest BCUT2D eigenvalue weighted by molar-refractivity contribution is 6.10. The number of hydrogen-bond acceptors (Lipinski definition) is 4. The second-order valence-electron chi connectivity index (χ2n) is 6.49. The van der Waals surface area contributed by atoms with E-state index in [-0.39, 0.29) is 17.9 Å². The Bertz CT molecular complexity index is 842. The maximum absolute atomic E-state index is 13.3. The van der Waals surface area contributed by atoms with Crippen LogP contribution in [0.3, 0.4) is 0 Å². The van der Waals surface area contributed by atoms with E-state index < -0.39 is 6.04 Å². The molecule has 25 heavy (non-hydrogen) atoms. The number of likely N-dealkylation sites (N-methyl/N-ethyl adjacent to an activating group) is 1. The third-order valence-electron chi connectivity index (χ3n) is 5.06. The molecule has 1 aliphatic rings. The number of hydrogen-bond donors (Lipinski definition) is 2. The first kappa shape index (κ1) is 17.3. The molecule has 2 atom stereocenters. The van der Waals surface area contributed by atoms with E-state index in [1.807, 2.05) is 36.7 Å². The Morgan fingerprint density at radius 2 is 2.08 bits per heavy atom. The van der Waals surface area contributed by atoms with Crippen LogP contribution < -0.4 is 15.8 Å². The van der Waals surface area contributed by atoms with Gasteiger partial charge in [0.2, 0.25) is 5.91 Å². The van der Waals surface area contributed by atoms with Gasteiger partial charge in [-0.25, -0.2) is 0 Å². The zero-order chi connectivity index (χ0) is 18.3. The van der Waals surface area contributed by atoms with Crippen LogP contribution in [-0.2, 0) is 11.8 Å². The minimum absolute atomic E-state index is 0.169. The molecule has 3 N–H and O–H groups in total. The van der Waals surface area contributed by atoms with Gasteiger partial charge in [-0.1, -0.05) is 0 Å². The van der Waals surface area contributed by atoms with Gasteiger partial charge in [0.25, 0.3) is 5.91 Å². The molecule has 134 valence electrons. The van der Waals surface area contributed by atoms with Gasteiger partial charge >= 0.3 is 0 Å². The molecule has 0 spiro atoms. The maximum atomic E-state index is 13.3.